The van der Waals surface area contributed by atoms with Crippen LogP contribution >= 0.6 is 0 Å². The summed E-state index contributed by atoms with van der Waals surface area (Å²) >= 11 is 0. The molecule has 2 N–H and O–H groups in total. The summed E-state index contributed by atoms with van der Waals surface area (Å²) in [6.07, 6.45) is 3.66. The van der Waals surface area contributed by atoms with Gasteiger partial charge in [0.05, 0.1) is 12.3 Å². The van der Waals surface area contributed by atoms with E-state index in [4.69, 9.17) is 9.15 Å². The summed E-state index contributed by atoms with van der Waals surface area (Å²) in [6, 6.07) is 4.06. The van der Waals surface area contributed by atoms with Crippen molar-refractivity contribution >= 4 is 6.09 Å². The third kappa shape index (κ3) is 5.42. The first kappa shape index (κ1) is 15.9. The van der Waals surface area contributed by atoms with Crippen LogP contribution in [0.2, 0.25) is 0 Å². The lowest BCUT2D eigenvalue weighted by atomic mass is 10.1. The normalized spacial score (nSPS) is 18.1. The van der Waals surface area contributed by atoms with Crippen LogP contribution in [-0.2, 0) is 4.74 Å². The predicted octanol–water partition coefficient (Wildman–Crippen LogP) is 3.23. The van der Waals surface area contributed by atoms with Gasteiger partial charge in [-0.25, -0.2) is 4.79 Å². The lowest BCUT2D eigenvalue weighted by Gasteiger charge is -2.24. The molecule has 1 aliphatic rings. The van der Waals surface area contributed by atoms with E-state index in [0.717, 1.165) is 18.6 Å². The average molecular weight is 294 g/mol. The van der Waals surface area contributed by atoms with Crippen molar-refractivity contribution < 1.29 is 13.9 Å². The molecule has 0 saturated heterocycles. The maximum atomic E-state index is 11.9. The van der Waals surface area contributed by atoms with E-state index < -0.39 is 5.60 Å². The van der Waals surface area contributed by atoms with Crippen LogP contribution in [0.3, 0.4) is 0 Å². The lowest BCUT2D eigenvalue weighted by molar-refractivity contribution is 0.0496. The molecule has 2 atom stereocenters. The molecule has 5 heteroatoms. The van der Waals surface area contributed by atoms with Gasteiger partial charge >= 0.3 is 6.09 Å². The summed E-state index contributed by atoms with van der Waals surface area (Å²) in [5.74, 6) is 1.45. The highest BCUT2D eigenvalue weighted by molar-refractivity contribution is 5.68. The third-order valence-corrected chi connectivity index (χ3v) is 3.51. The minimum Gasteiger partial charge on any atom is -0.468 e. The lowest BCUT2D eigenvalue weighted by Crippen LogP contribution is -2.45. The molecular formula is C16H26N2O3. The molecule has 1 aromatic heterocycles. The van der Waals surface area contributed by atoms with E-state index in [2.05, 4.69) is 17.6 Å². The predicted molar refractivity (Wildman–Crippen MR) is 81.0 cm³/mol. The minimum absolute atomic E-state index is 0.109. The zero-order chi connectivity index (χ0) is 15.5. The maximum absolute atomic E-state index is 11.9. The standard InChI is InChI=1S/C16H26N2O3/c1-11(14-6-5-9-20-14)17-10-13(12-7-8-12)18-15(19)21-16(2,3)4/h5-6,9,11-13,17H,7-8,10H2,1-4H3,(H,18,19). The SMILES string of the molecule is CC(NCC(NC(=O)OC(C)(C)C)C1CC1)c1ccco1. The first-order valence-corrected chi connectivity index (χ1v) is 7.61. The van der Waals surface area contributed by atoms with Crippen molar-refractivity contribution in [3.63, 3.8) is 0 Å². The molecule has 1 amide bonds. The van der Waals surface area contributed by atoms with Gasteiger partial charge in [0.1, 0.15) is 11.4 Å². The van der Waals surface area contributed by atoms with Crippen molar-refractivity contribution in [2.45, 2.75) is 58.2 Å². The van der Waals surface area contributed by atoms with Gasteiger partial charge in [0.25, 0.3) is 0 Å². The van der Waals surface area contributed by atoms with Gasteiger partial charge in [-0.2, -0.15) is 0 Å². The number of alkyl carbamates (subject to hydrolysis) is 1. The van der Waals surface area contributed by atoms with Crippen LogP contribution in [0.25, 0.3) is 0 Å². The van der Waals surface area contributed by atoms with Gasteiger partial charge < -0.3 is 19.8 Å². The van der Waals surface area contributed by atoms with Gasteiger partial charge in [0.15, 0.2) is 0 Å². The van der Waals surface area contributed by atoms with Gasteiger partial charge in [0, 0.05) is 12.6 Å². The number of hydrogen-bond acceptors (Lipinski definition) is 4. The molecule has 5 nitrogen and oxygen atoms in total. The number of hydrogen-bond donors (Lipinski definition) is 2. The van der Waals surface area contributed by atoms with Crippen LogP contribution < -0.4 is 10.6 Å². The number of nitrogens with one attached hydrogen (secondary N) is 2. The number of amides is 1. The number of carbonyl (C=O) groups is 1. The Morgan fingerprint density at radius 2 is 2.19 bits per heavy atom. The summed E-state index contributed by atoms with van der Waals surface area (Å²) in [5.41, 5.74) is -0.465. The zero-order valence-corrected chi connectivity index (χ0v) is 13.3. The molecule has 1 aliphatic carbocycles. The Balaban J connectivity index is 1.81. The number of ether oxygens (including phenoxy) is 1. The second-order valence-electron chi connectivity index (χ2n) is 6.74. The van der Waals surface area contributed by atoms with Gasteiger partial charge in [0.2, 0.25) is 0 Å². The van der Waals surface area contributed by atoms with Gasteiger partial charge in [-0.15, -0.1) is 0 Å². The number of rotatable bonds is 6. The molecular weight excluding hydrogens is 268 g/mol. The van der Waals surface area contributed by atoms with Crippen molar-refractivity contribution in [2.75, 3.05) is 6.54 Å². The highest BCUT2D eigenvalue weighted by Gasteiger charge is 2.33. The maximum Gasteiger partial charge on any atom is 0.407 e. The topological polar surface area (TPSA) is 63.5 Å². The van der Waals surface area contributed by atoms with Crippen LogP contribution in [-0.4, -0.2) is 24.3 Å². The van der Waals surface area contributed by atoms with Crippen molar-refractivity contribution in [1.82, 2.24) is 10.6 Å². The Kier molecular flexibility index (Phi) is 4.93. The van der Waals surface area contributed by atoms with Gasteiger partial charge in [-0.05, 0) is 58.6 Å². The van der Waals surface area contributed by atoms with Crippen molar-refractivity contribution in [3.8, 4) is 0 Å². The second kappa shape index (κ2) is 6.52. The van der Waals surface area contributed by atoms with Crippen LogP contribution in [0.4, 0.5) is 4.79 Å². The molecule has 0 spiro atoms. The monoisotopic (exact) mass is 294 g/mol. The molecule has 2 rings (SSSR count). The molecule has 0 aliphatic heterocycles. The Morgan fingerprint density at radius 3 is 2.71 bits per heavy atom. The third-order valence-electron chi connectivity index (χ3n) is 3.51. The van der Waals surface area contributed by atoms with Crippen molar-refractivity contribution in [2.24, 2.45) is 5.92 Å². The molecule has 1 saturated carbocycles. The van der Waals surface area contributed by atoms with E-state index >= 15 is 0 Å². The molecule has 118 valence electrons. The molecule has 0 bridgehead atoms. The smallest absolute Gasteiger partial charge is 0.407 e. The van der Waals surface area contributed by atoms with Gasteiger partial charge in [-0.3, -0.25) is 0 Å². The molecule has 21 heavy (non-hydrogen) atoms. The first-order chi connectivity index (χ1) is 9.85. The van der Waals surface area contributed by atoms with Crippen LogP contribution in [0.15, 0.2) is 22.8 Å². The summed E-state index contributed by atoms with van der Waals surface area (Å²) in [6.45, 7) is 8.38. The summed E-state index contributed by atoms with van der Waals surface area (Å²) in [7, 11) is 0. The van der Waals surface area contributed by atoms with E-state index in [-0.39, 0.29) is 18.2 Å². The van der Waals surface area contributed by atoms with E-state index in [1.807, 2.05) is 32.9 Å². The zero-order valence-electron chi connectivity index (χ0n) is 13.3. The minimum atomic E-state index is -0.465. The van der Waals surface area contributed by atoms with Crippen molar-refractivity contribution in [3.05, 3.63) is 24.2 Å². The van der Waals surface area contributed by atoms with E-state index in [1.54, 1.807) is 6.26 Å². The summed E-state index contributed by atoms with van der Waals surface area (Å²) in [4.78, 5) is 11.9. The highest BCUT2D eigenvalue weighted by Crippen LogP contribution is 2.32. The van der Waals surface area contributed by atoms with Gasteiger partial charge in [-0.1, -0.05) is 0 Å². The van der Waals surface area contributed by atoms with Crippen LogP contribution in [0.1, 0.15) is 52.3 Å². The Labute approximate surface area is 126 Å². The number of furan rings is 1. The average Bonchev–Trinajstić information content (AvgIpc) is 3.06. The molecule has 1 heterocycles. The summed E-state index contributed by atoms with van der Waals surface area (Å²) in [5, 5.41) is 6.39. The first-order valence-electron chi connectivity index (χ1n) is 7.61. The fraction of sp³-hybridized carbons (Fsp3) is 0.688. The molecule has 0 radical (unpaired) electrons. The quantitative estimate of drug-likeness (QED) is 0.845. The largest absolute Gasteiger partial charge is 0.468 e. The molecule has 0 aromatic carbocycles. The Hall–Kier alpha value is -1.49. The van der Waals surface area contributed by atoms with E-state index in [1.165, 1.54) is 0 Å². The van der Waals surface area contributed by atoms with E-state index in [9.17, 15) is 4.79 Å². The number of carbonyl (C=O) groups excluding carboxylic acids is 1. The Bertz CT molecular complexity index is 447. The molecule has 2 unspecified atom stereocenters. The second-order valence-corrected chi connectivity index (χ2v) is 6.74. The van der Waals surface area contributed by atoms with E-state index in [0.29, 0.717) is 12.5 Å². The molecule has 1 aromatic rings. The Morgan fingerprint density at radius 1 is 1.48 bits per heavy atom. The summed E-state index contributed by atoms with van der Waals surface area (Å²) < 4.78 is 10.7. The van der Waals surface area contributed by atoms with Crippen LogP contribution in [0.5, 0.6) is 0 Å². The highest BCUT2D eigenvalue weighted by atomic mass is 16.6. The van der Waals surface area contributed by atoms with Crippen molar-refractivity contribution in [1.29, 1.82) is 0 Å². The van der Waals surface area contributed by atoms with Crippen LogP contribution in [0, 0.1) is 5.92 Å². The fourth-order valence-electron chi connectivity index (χ4n) is 2.24. The fourth-order valence-corrected chi connectivity index (χ4v) is 2.24. The molecule has 1 fully saturated rings.